The first-order valence-electron chi connectivity index (χ1n) is 6.66. The lowest BCUT2D eigenvalue weighted by Crippen LogP contribution is -2.27. The zero-order chi connectivity index (χ0) is 14.5. The Morgan fingerprint density at radius 2 is 2.05 bits per heavy atom. The van der Waals surface area contributed by atoms with Crippen molar-refractivity contribution >= 4 is 28.3 Å². The largest absolute Gasteiger partial charge is 0.496 e. The van der Waals surface area contributed by atoms with Gasteiger partial charge >= 0.3 is 0 Å². The van der Waals surface area contributed by atoms with Gasteiger partial charge in [-0.05, 0) is 23.3 Å². The molecule has 2 aromatic rings. The summed E-state index contributed by atoms with van der Waals surface area (Å²) in [6.07, 6.45) is 0.877. The summed E-state index contributed by atoms with van der Waals surface area (Å²) in [4.78, 5) is 12.1. The van der Waals surface area contributed by atoms with Gasteiger partial charge in [-0.15, -0.1) is 11.6 Å². The fourth-order valence-electron chi connectivity index (χ4n) is 2.18. The highest BCUT2D eigenvalue weighted by Gasteiger charge is 2.23. The number of hydrogen-bond acceptors (Lipinski definition) is 2. The van der Waals surface area contributed by atoms with Crippen LogP contribution in [0, 0.1) is 0 Å². The van der Waals surface area contributed by atoms with Gasteiger partial charge in [-0.3, -0.25) is 4.79 Å². The number of alkyl halides is 1. The van der Waals surface area contributed by atoms with E-state index in [4.69, 9.17) is 16.3 Å². The molecule has 2 rings (SSSR count). The molecule has 0 radical (unpaired) electrons. The lowest BCUT2D eigenvalue weighted by molar-refractivity contribution is -0.120. The SMILES string of the molecule is CCCNC(=O)C(Cl)c1c(OC)ccc2ccccc12. The Balaban J connectivity index is 2.47. The van der Waals surface area contributed by atoms with Crippen molar-refractivity contribution in [3.8, 4) is 5.75 Å². The van der Waals surface area contributed by atoms with Crippen LogP contribution in [0.4, 0.5) is 0 Å². The number of benzene rings is 2. The maximum atomic E-state index is 12.1. The number of halogens is 1. The summed E-state index contributed by atoms with van der Waals surface area (Å²) >= 11 is 6.36. The lowest BCUT2D eigenvalue weighted by Gasteiger charge is -2.16. The third-order valence-electron chi connectivity index (χ3n) is 3.18. The normalized spacial score (nSPS) is 12.2. The van der Waals surface area contributed by atoms with Crippen LogP contribution in [0.25, 0.3) is 10.8 Å². The van der Waals surface area contributed by atoms with Gasteiger partial charge in [0.2, 0.25) is 5.91 Å². The predicted octanol–water partition coefficient (Wildman–Crippen LogP) is 3.65. The van der Waals surface area contributed by atoms with E-state index < -0.39 is 5.38 Å². The van der Waals surface area contributed by atoms with E-state index >= 15 is 0 Å². The van der Waals surface area contributed by atoms with Crippen molar-refractivity contribution in [1.29, 1.82) is 0 Å². The van der Waals surface area contributed by atoms with Gasteiger partial charge in [-0.25, -0.2) is 0 Å². The number of hydrogen-bond donors (Lipinski definition) is 1. The second kappa shape index (κ2) is 6.62. The van der Waals surface area contributed by atoms with Gasteiger partial charge in [-0.2, -0.15) is 0 Å². The van der Waals surface area contributed by atoms with E-state index in [0.29, 0.717) is 12.3 Å². The molecule has 20 heavy (non-hydrogen) atoms. The smallest absolute Gasteiger partial charge is 0.242 e. The third-order valence-corrected chi connectivity index (χ3v) is 3.60. The van der Waals surface area contributed by atoms with E-state index in [1.807, 2.05) is 43.3 Å². The highest BCUT2D eigenvalue weighted by atomic mass is 35.5. The summed E-state index contributed by atoms with van der Waals surface area (Å²) in [7, 11) is 1.58. The van der Waals surface area contributed by atoms with Crippen molar-refractivity contribution in [3.05, 3.63) is 42.0 Å². The summed E-state index contributed by atoms with van der Waals surface area (Å²) in [6, 6.07) is 11.6. The average Bonchev–Trinajstić information content (AvgIpc) is 2.50. The number of rotatable bonds is 5. The first-order valence-corrected chi connectivity index (χ1v) is 7.10. The van der Waals surface area contributed by atoms with Gasteiger partial charge in [0.15, 0.2) is 0 Å². The molecule has 1 atom stereocenters. The second-order valence-electron chi connectivity index (χ2n) is 4.56. The second-order valence-corrected chi connectivity index (χ2v) is 4.99. The molecule has 4 heteroatoms. The van der Waals surface area contributed by atoms with Crippen LogP contribution in [0.2, 0.25) is 0 Å². The van der Waals surface area contributed by atoms with Crippen LogP contribution in [0.1, 0.15) is 24.3 Å². The molecule has 0 saturated heterocycles. The lowest BCUT2D eigenvalue weighted by atomic mass is 10.0. The Morgan fingerprint density at radius 3 is 2.75 bits per heavy atom. The maximum absolute atomic E-state index is 12.1. The molecule has 0 aliphatic carbocycles. The summed E-state index contributed by atoms with van der Waals surface area (Å²) in [5, 5.41) is 4.04. The van der Waals surface area contributed by atoms with Crippen molar-refractivity contribution in [2.24, 2.45) is 0 Å². The molecule has 106 valence electrons. The minimum atomic E-state index is -0.761. The number of carbonyl (C=O) groups excluding carboxylic acids is 1. The molecule has 0 aromatic heterocycles. The Bertz CT molecular complexity index is 612. The van der Waals surface area contributed by atoms with E-state index in [1.165, 1.54) is 0 Å². The molecule has 0 saturated carbocycles. The van der Waals surface area contributed by atoms with Crippen molar-refractivity contribution in [2.75, 3.05) is 13.7 Å². The molecule has 1 amide bonds. The molecular weight excluding hydrogens is 274 g/mol. The van der Waals surface area contributed by atoms with E-state index in [9.17, 15) is 4.79 Å². The molecule has 0 heterocycles. The highest BCUT2D eigenvalue weighted by Crippen LogP contribution is 2.36. The molecule has 0 bridgehead atoms. The standard InChI is InChI=1S/C16H18ClNO2/c1-3-10-18-16(19)15(17)14-12-7-5-4-6-11(12)8-9-13(14)20-2/h4-9,15H,3,10H2,1-2H3,(H,18,19). The van der Waals surface area contributed by atoms with E-state index in [-0.39, 0.29) is 5.91 Å². The van der Waals surface area contributed by atoms with Crippen LogP contribution in [-0.4, -0.2) is 19.6 Å². The fraction of sp³-hybridized carbons (Fsp3) is 0.312. The minimum absolute atomic E-state index is 0.192. The van der Waals surface area contributed by atoms with Gasteiger partial charge in [0.25, 0.3) is 0 Å². The van der Waals surface area contributed by atoms with Crippen molar-refractivity contribution < 1.29 is 9.53 Å². The first kappa shape index (κ1) is 14.7. The van der Waals surface area contributed by atoms with Gasteiger partial charge < -0.3 is 10.1 Å². The minimum Gasteiger partial charge on any atom is -0.496 e. The molecule has 0 spiro atoms. The van der Waals surface area contributed by atoms with Gasteiger partial charge in [0.1, 0.15) is 11.1 Å². The molecule has 0 aliphatic rings. The summed E-state index contributed by atoms with van der Waals surface area (Å²) in [5.74, 6) is 0.443. The molecular formula is C16H18ClNO2. The predicted molar refractivity (Wildman–Crippen MR) is 82.4 cm³/mol. The maximum Gasteiger partial charge on any atom is 0.242 e. The van der Waals surface area contributed by atoms with Crippen molar-refractivity contribution in [2.45, 2.75) is 18.7 Å². The monoisotopic (exact) mass is 291 g/mol. The van der Waals surface area contributed by atoms with Gasteiger partial charge in [0.05, 0.1) is 7.11 Å². The van der Waals surface area contributed by atoms with Crippen LogP contribution in [0.15, 0.2) is 36.4 Å². The fourth-order valence-corrected chi connectivity index (χ4v) is 2.49. The number of ether oxygens (including phenoxy) is 1. The Labute approximate surface area is 123 Å². The molecule has 1 N–H and O–H groups in total. The number of methoxy groups -OCH3 is 1. The third kappa shape index (κ3) is 2.88. The zero-order valence-electron chi connectivity index (χ0n) is 11.7. The molecule has 1 unspecified atom stereocenters. The molecule has 0 aliphatic heterocycles. The molecule has 0 fully saturated rings. The number of amides is 1. The molecule has 2 aromatic carbocycles. The van der Waals surface area contributed by atoms with Crippen LogP contribution in [0.3, 0.4) is 0 Å². The highest BCUT2D eigenvalue weighted by molar-refractivity contribution is 6.32. The van der Waals surface area contributed by atoms with Crippen LogP contribution >= 0.6 is 11.6 Å². The number of nitrogens with one attached hydrogen (secondary N) is 1. The Morgan fingerprint density at radius 1 is 1.30 bits per heavy atom. The number of fused-ring (bicyclic) bond motifs is 1. The summed E-state index contributed by atoms with van der Waals surface area (Å²) in [6.45, 7) is 2.62. The Kier molecular flexibility index (Phi) is 4.85. The molecule has 3 nitrogen and oxygen atoms in total. The zero-order valence-corrected chi connectivity index (χ0v) is 12.4. The van der Waals surface area contributed by atoms with Crippen LogP contribution < -0.4 is 10.1 Å². The van der Waals surface area contributed by atoms with E-state index in [1.54, 1.807) is 7.11 Å². The Hall–Kier alpha value is -1.74. The average molecular weight is 292 g/mol. The topological polar surface area (TPSA) is 38.3 Å². The quantitative estimate of drug-likeness (QED) is 0.854. The van der Waals surface area contributed by atoms with E-state index in [0.717, 1.165) is 22.8 Å². The van der Waals surface area contributed by atoms with Gasteiger partial charge in [0, 0.05) is 12.1 Å². The first-order chi connectivity index (χ1) is 9.69. The summed E-state index contributed by atoms with van der Waals surface area (Å²) in [5.41, 5.74) is 0.723. The van der Waals surface area contributed by atoms with E-state index in [2.05, 4.69) is 5.32 Å². The summed E-state index contributed by atoms with van der Waals surface area (Å²) < 4.78 is 5.36. The number of carbonyl (C=O) groups is 1. The van der Waals surface area contributed by atoms with Crippen LogP contribution in [-0.2, 0) is 4.79 Å². The van der Waals surface area contributed by atoms with Crippen molar-refractivity contribution in [1.82, 2.24) is 5.32 Å². The van der Waals surface area contributed by atoms with Crippen molar-refractivity contribution in [3.63, 3.8) is 0 Å². The van der Waals surface area contributed by atoms with Gasteiger partial charge in [-0.1, -0.05) is 37.3 Å². The van der Waals surface area contributed by atoms with Crippen LogP contribution in [0.5, 0.6) is 5.75 Å².